The van der Waals surface area contributed by atoms with Crippen LogP contribution >= 0.6 is 0 Å². The van der Waals surface area contributed by atoms with E-state index in [0.717, 1.165) is 11.1 Å². The Kier molecular flexibility index (Phi) is 5.61. The van der Waals surface area contributed by atoms with Crippen molar-refractivity contribution in [1.29, 1.82) is 0 Å². The van der Waals surface area contributed by atoms with Crippen LogP contribution in [-0.2, 0) is 16.4 Å². The fraction of sp³-hybridized carbons (Fsp3) is 0.444. The van der Waals surface area contributed by atoms with Crippen LogP contribution in [0, 0.1) is 12.3 Å². The highest BCUT2D eigenvalue weighted by Gasteiger charge is 2.31. The van der Waals surface area contributed by atoms with Gasteiger partial charge in [0.05, 0.1) is 11.4 Å². The van der Waals surface area contributed by atoms with Crippen LogP contribution in [0.3, 0.4) is 0 Å². The summed E-state index contributed by atoms with van der Waals surface area (Å²) in [7, 11) is -3.53. The van der Waals surface area contributed by atoms with E-state index in [-0.39, 0.29) is 5.75 Å². The van der Waals surface area contributed by atoms with Crippen LogP contribution in [0.5, 0.6) is 5.75 Å². The van der Waals surface area contributed by atoms with Crippen molar-refractivity contribution in [3.8, 4) is 18.1 Å². The minimum Gasteiger partial charge on any atom is -0.435 e. The molecule has 2 aliphatic rings. The summed E-state index contributed by atoms with van der Waals surface area (Å²) in [6, 6.07) is 4.59. The standard InChI is InChI=1S/C18H20F2N2O3S/c1-2-7-21-8-10-22(11-9-21)26(23,24)17-6-4-14-12-16(25-18(19)20)5-3-15(14)13-17/h1,3,5,12-13,18H,4,6-11H2. The third-order valence-corrected chi connectivity index (χ3v) is 6.64. The first-order valence-corrected chi connectivity index (χ1v) is 9.78. The molecule has 8 heteroatoms. The highest BCUT2D eigenvalue weighted by molar-refractivity contribution is 7.93. The summed E-state index contributed by atoms with van der Waals surface area (Å²) in [5, 5.41) is 0. The van der Waals surface area contributed by atoms with Gasteiger partial charge in [0, 0.05) is 26.2 Å². The van der Waals surface area contributed by atoms with E-state index in [0.29, 0.717) is 50.5 Å². The van der Waals surface area contributed by atoms with E-state index in [1.807, 2.05) is 4.90 Å². The van der Waals surface area contributed by atoms with E-state index in [4.69, 9.17) is 6.42 Å². The molecule has 0 aromatic heterocycles. The van der Waals surface area contributed by atoms with E-state index in [1.165, 1.54) is 10.4 Å². The summed E-state index contributed by atoms with van der Waals surface area (Å²) in [5.74, 6) is 2.66. The minimum atomic E-state index is -3.53. The molecule has 1 fully saturated rings. The van der Waals surface area contributed by atoms with Gasteiger partial charge in [-0.2, -0.15) is 13.1 Å². The molecule has 0 N–H and O–H groups in total. The van der Waals surface area contributed by atoms with Crippen molar-refractivity contribution in [1.82, 2.24) is 9.21 Å². The zero-order valence-electron chi connectivity index (χ0n) is 14.2. The number of halogens is 2. The Morgan fingerprint density at radius 3 is 2.58 bits per heavy atom. The number of alkyl halides is 2. The van der Waals surface area contributed by atoms with Crippen LogP contribution in [0.15, 0.2) is 23.1 Å². The van der Waals surface area contributed by atoms with Crippen LogP contribution in [0.4, 0.5) is 8.78 Å². The lowest BCUT2D eigenvalue weighted by atomic mass is 9.97. The monoisotopic (exact) mass is 382 g/mol. The quantitative estimate of drug-likeness (QED) is 0.733. The van der Waals surface area contributed by atoms with Gasteiger partial charge in [-0.1, -0.05) is 12.0 Å². The molecule has 3 rings (SSSR count). The second-order valence-electron chi connectivity index (χ2n) is 6.23. The van der Waals surface area contributed by atoms with Crippen molar-refractivity contribution in [2.24, 2.45) is 0 Å². The van der Waals surface area contributed by atoms with Gasteiger partial charge < -0.3 is 4.74 Å². The lowest BCUT2D eigenvalue weighted by molar-refractivity contribution is -0.0498. The molecular weight excluding hydrogens is 362 g/mol. The van der Waals surface area contributed by atoms with Crippen molar-refractivity contribution in [2.45, 2.75) is 19.5 Å². The first-order valence-electron chi connectivity index (χ1n) is 8.34. The summed E-state index contributed by atoms with van der Waals surface area (Å²) in [4.78, 5) is 2.40. The summed E-state index contributed by atoms with van der Waals surface area (Å²) in [6.07, 6.45) is 7.74. The van der Waals surface area contributed by atoms with Crippen molar-refractivity contribution >= 4 is 16.1 Å². The van der Waals surface area contributed by atoms with Gasteiger partial charge >= 0.3 is 6.61 Å². The molecule has 1 saturated heterocycles. The Balaban J connectivity index is 1.76. The number of hydrogen-bond acceptors (Lipinski definition) is 4. The van der Waals surface area contributed by atoms with E-state index >= 15 is 0 Å². The third kappa shape index (κ3) is 4.06. The fourth-order valence-corrected chi connectivity index (χ4v) is 4.86. The first-order chi connectivity index (χ1) is 12.4. The Labute approximate surface area is 152 Å². The molecule has 26 heavy (non-hydrogen) atoms. The van der Waals surface area contributed by atoms with Gasteiger partial charge in [-0.3, -0.25) is 4.90 Å². The highest BCUT2D eigenvalue weighted by Crippen LogP contribution is 2.31. The van der Waals surface area contributed by atoms with Gasteiger partial charge in [0.1, 0.15) is 5.75 Å². The van der Waals surface area contributed by atoms with Gasteiger partial charge in [0.15, 0.2) is 0 Å². The molecule has 0 atom stereocenters. The Bertz CT molecular complexity index is 838. The van der Waals surface area contributed by atoms with Crippen LogP contribution in [-0.4, -0.2) is 57.0 Å². The number of rotatable bonds is 5. The number of terminal acetylenes is 1. The summed E-state index contributed by atoms with van der Waals surface area (Å²) >= 11 is 0. The number of nitrogens with zero attached hydrogens (tertiary/aromatic N) is 2. The molecule has 1 aromatic carbocycles. The van der Waals surface area contributed by atoms with Crippen LogP contribution in [0.25, 0.3) is 6.08 Å². The number of sulfonamides is 1. The van der Waals surface area contributed by atoms with E-state index < -0.39 is 16.6 Å². The Morgan fingerprint density at radius 1 is 1.19 bits per heavy atom. The van der Waals surface area contributed by atoms with Gasteiger partial charge in [0.25, 0.3) is 0 Å². The van der Waals surface area contributed by atoms with Crippen molar-refractivity contribution < 1.29 is 21.9 Å². The van der Waals surface area contributed by atoms with E-state index in [1.54, 1.807) is 18.2 Å². The smallest absolute Gasteiger partial charge is 0.387 e. The summed E-state index contributed by atoms with van der Waals surface area (Å²) in [6.45, 7) is -0.308. The molecule has 0 bridgehead atoms. The molecule has 1 aliphatic carbocycles. The van der Waals surface area contributed by atoms with Crippen molar-refractivity contribution in [3.05, 3.63) is 34.2 Å². The Morgan fingerprint density at radius 2 is 1.92 bits per heavy atom. The zero-order valence-corrected chi connectivity index (χ0v) is 15.0. The number of aryl methyl sites for hydroxylation is 1. The predicted octanol–water partition coefficient (Wildman–Crippen LogP) is 2.16. The number of fused-ring (bicyclic) bond motifs is 1. The molecule has 0 radical (unpaired) electrons. The average Bonchev–Trinajstić information content (AvgIpc) is 2.61. The van der Waals surface area contributed by atoms with Crippen LogP contribution in [0.2, 0.25) is 0 Å². The SMILES string of the molecule is C#CCN1CCN(S(=O)(=O)C2=Cc3ccc(OC(F)F)cc3CC2)CC1. The zero-order chi connectivity index (χ0) is 18.7. The molecule has 0 unspecified atom stereocenters. The van der Waals surface area contributed by atoms with Gasteiger partial charge in [-0.25, -0.2) is 8.42 Å². The van der Waals surface area contributed by atoms with Gasteiger partial charge in [-0.05, 0) is 42.2 Å². The minimum absolute atomic E-state index is 0.0862. The van der Waals surface area contributed by atoms with Gasteiger partial charge in [0.2, 0.25) is 10.0 Å². The molecule has 5 nitrogen and oxygen atoms in total. The maximum Gasteiger partial charge on any atom is 0.387 e. The molecule has 140 valence electrons. The second-order valence-corrected chi connectivity index (χ2v) is 8.23. The lowest BCUT2D eigenvalue weighted by Crippen LogP contribution is -2.48. The summed E-state index contributed by atoms with van der Waals surface area (Å²) < 4.78 is 56.3. The van der Waals surface area contributed by atoms with Crippen molar-refractivity contribution in [2.75, 3.05) is 32.7 Å². The second kappa shape index (κ2) is 7.74. The number of ether oxygens (including phenoxy) is 1. The number of piperazine rings is 1. The number of hydrogen-bond donors (Lipinski definition) is 0. The molecule has 0 saturated carbocycles. The van der Waals surface area contributed by atoms with E-state index in [2.05, 4.69) is 10.7 Å². The average molecular weight is 382 g/mol. The third-order valence-electron chi connectivity index (χ3n) is 4.61. The van der Waals surface area contributed by atoms with E-state index in [9.17, 15) is 17.2 Å². The normalized spacial score (nSPS) is 18.9. The Hall–Kier alpha value is -1.95. The van der Waals surface area contributed by atoms with Crippen molar-refractivity contribution in [3.63, 3.8) is 0 Å². The first kappa shape index (κ1) is 18.8. The predicted molar refractivity (Wildman–Crippen MR) is 95.1 cm³/mol. The maximum atomic E-state index is 12.9. The fourth-order valence-electron chi connectivity index (χ4n) is 3.25. The summed E-state index contributed by atoms with van der Waals surface area (Å²) in [5.41, 5.74) is 1.53. The largest absolute Gasteiger partial charge is 0.435 e. The lowest BCUT2D eigenvalue weighted by Gasteiger charge is -2.34. The molecule has 1 aromatic rings. The maximum absolute atomic E-state index is 12.9. The molecule has 0 amide bonds. The molecule has 1 heterocycles. The molecular formula is C18H20F2N2O3S. The number of allylic oxidation sites excluding steroid dienone is 1. The topological polar surface area (TPSA) is 49.9 Å². The number of benzene rings is 1. The molecule has 1 aliphatic heterocycles. The van der Waals surface area contributed by atoms with Gasteiger partial charge in [-0.15, -0.1) is 6.42 Å². The highest BCUT2D eigenvalue weighted by atomic mass is 32.2. The van der Waals surface area contributed by atoms with Crippen LogP contribution < -0.4 is 4.74 Å². The molecule has 0 spiro atoms. The van der Waals surface area contributed by atoms with Crippen LogP contribution in [0.1, 0.15) is 17.5 Å².